The van der Waals surface area contributed by atoms with E-state index < -0.39 is 0 Å². The second-order valence-corrected chi connectivity index (χ2v) is 5.10. The van der Waals surface area contributed by atoms with Gasteiger partial charge in [0.2, 0.25) is 5.91 Å². The Morgan fingerprint density at radius 1 is 1.15 bits per heavy atom. The number of hydrogen-bond acceptors (Lipinski definition) is 2. The van der Waals surface area contributed by atoms with Gasteiger partial charge < -0.3 is 10.0 Å². The molecule has 3 nitrogen and oxygen atoms in total. The largest absolute Gasteiger partial charge is 0.384 e. The van der Waals surface area contributed by atoms with Crippen LogP contribution in [0.15, 0.2) is 24.3 Å². The summed E-state index contributed by atoms with van der Waals surface area (Å²) in [5.74, 6) is 5.88. The van der Waals surface area contributed by atoms with E-state index in [1.807, 2.05) is 29.2 Å². The highest BCUT2D eigenvalue weighted by atomic mass is 16.2. The van der Waals surface area contributed by atoms with Gasteiger partial charge in [-0.25, -0.2) is 0 Å². The number of aliphatic hydroxyl groups is 1. The van der Waals surface area contributed by atoms with Crippen LogP contribution >= 0.6 is 0 Å². The standard InChI is InChI=1S/C17H21NO2/c19-13-7-10-15-8-4-5-9-16(15)14-18-12-6-2-1-3-11-17(18)20/h4-5,8-9,19H,1-3,6,11-14H2. The first kappa shape index (κ1) is 14.6. The van der Waals surface area contributed by atoms with Crippen molar-refractivity contribution >= 4 is 5.91 Å². The van der Waals surface area contributed by atoms with Crippen LogP contribution < -0.4 is 0 Å². The quantitative estimate of drug-likeness (QED) is 0.839. The highest BCUT2D eigenvalue weighted by molar-refractivity contribution is 5.76. The number of likely N-dealkylation sites (tertiary alicyclic amines) is 1. The maximum absolute atomic E-state index is 12.1. The van der Waals surface area contributed by atoms with Crippen molar-refractivity contribution in [3.63, 3.8) is 0 Å². The molecule has 0 radical (unpaired) electrons. The second-order valence-electron chi connectivity index (χ2n) is 5.10. The van der Waals surface area contributed by atoms with Gasteiger partial charge in [-0.2, -0.15) is 0 Å². The monoisotopic (exact) mass is 271 g/mol. The maximum Gasteiger partial charge on any atom is 0.222 e. The summed E-state index contributed by atoms with van der Waals surface area (Å²) in [4.78, 5) is 14.1. The summed E-state index contributed by atoms with van der Waals surface area (Å²) in [6, 6.07) is 7.84. The van der Waals surface area contributed by atoms with Crippen LogP contribution in [0.25, 0.3) is 0 Å². The van der Waals surface area contributed by atoms with Crippen LogP contribution in [0.2, 0.25) is 0 Å². The number of amides is 1. The van der Waals surface area contributed by atoms with Gasteiger partial charge >= 0.3 is 0 Å². The predicted molar refractivity (Wildman–Crippen MR) is 78.9 cm³/mol. The van der Waals surface area contributed by atoms with E-state index in [9.17, 15) is 4.79 Å². The lowest BCUT2D eigenvalue weighted by Crippen LogP contribution is -2.32. The number of carbonyl (C=O) groups excluding carboxylic acids is 1. The molecule has 2 rings (SSSR count). The first-order valence-corrected chi connectivity index (χ1v) is 7.26. The zero-order valence-corrected chi connectivity index (χ0v) is 11.8. The molecule has 1 aliphatic heterocycles. The summed E-state index contributed by atoms with van der Waals surface area (Å²) in [6.07, 6.45) is 5.11. The van der Waals surface area contributed by atoms with E-state index in [4.69, 9.17) is 5.11 Å². The smallest absolute Gasteiger partial charge is 0.222 e. The summed E-state index contributed by atoms with van der Waals surface area (Å²) >= 11 is 0. The van der Waals surface area contributed by atoms with Crippen molar-refractivity contribution in [3.05, 3.63) is 35.4 Å². The molecule has 0 saturated carbocycles. The molecule has 1 saturated heterocycles. The molecule has 1 aromatic rings. The van der Waals surface area contributed by atoms with Crippen molar-refractivity contribution in [2.24, 2.45) is 0 Å². The van der Waals surface area contributed by atoms with Crippen molar-refractivity contribution in [3.8, 4) is 11.8 Å². The molecule has 1 N–H and O–H groups in total. The van der Waals surface area contributed by atoms with E-state index in [1.165, 1.54) is 6.42 Å². The minimum atomic E-state index is -0.142. The highest BCUT2D eigenvalue weighted by Gasteiger charge is 2.16. The molecule has 1 aliphatic rings. The Hall–Kier alpha value is -1.79. The van der Waals surface area contributed by atoms with Crippen molar-refractivity contribution in [2.45, 2.75) is 38.6 Å². The molecular formula is C17H21NO2. The van der Waals surface area contributed by atoms with Crippen molar-refractivity contribution in [2.75, 3.05) is 13.2 Å². The zero-order chi connectivity index (χ0) is 14.2. The Bertz CT molecular complexity index is 513. The molecule has 0 bridgehead atoms. The normalized spacial score (nSPS) is 16.1. The van der Waals surface area contributed by atoms with Gasteiger partial charge in [-0.05, 0) is 24.5 Å². The van der Waals surface area contributed by atoms with E-state index in [-0.39, 0.29) is 12.5 Å². The fraction of sp³-hybridized carbons (Fsp3) is 0.471. The zero-order valence-electron chi connectivity index (χ0n) is 11.8. The highest BCUT2D eigenvalue weighted by Crippen LogP contribution is 2.16. The van der Waals surface area contributed by atoms with E-state index in [2.05, 4.69) is 11.8 Å². The second kappa shape index (κ2) is 7.72. The SMILES string of the molecule is O=C1CCCCCCN1Cc1ccccc1C#CCO. The van der Waals surface area contributed by atoms with Gasteiger partial charge in [0.1, 0.15) is 6.61 Å². The molecule has 1 heterocycles. The number of rotatable bonds is 2. The van der Waals surface area contributed by atoms with Crippen LogP contribution in [0.3, 0.4) is 0 Å². The third-order valence-electron chi connectivity index (χ3n) is 3.60. The number of carbonyl (C=O) groups is 1. The van der Waals surface area contributed by atoms with Crippen LogP contribution in [0.4, 0.5) is 0 Å². The summed E-state index contributed by atoms with van der Waals surface area (Å²) < 4.78 is 0. The summed E-state index contributed by atoms with van der Waals surface area (Å²) in [5, 5.41) is 8.81. The molecule has 20 heavy (non-hydrogen) atoms. The van der Waals surface area contributed by atoms with E-state index in [0.717, 1.165) is 36.9 Å². The van der Waals surface area contributed by atoms with Crippen LogP contribution in [0.5, 0.6) is 0 Å². The molecule has 0 aliphatic carbocycles. The molecule has 0 atom stereocenters. The van der Waals surface area contributed by atoms with Crippen molar-refractivity contribution in [1.82, 2.24) is 4.90 Å². The van der Waals surface area contributed by atoms with Gasteiger partial charge in [0, 0.05) is 25.1 Å². The Morgan fingerprint density at radius 3 is 2.80 bits per heavy atom. The molecule has 0 spiro atoms. The molecule has 106 valence electrons. The fourth-order valence-corrected chi connectivity index (χ4v) is 2.50. The van der Waals surface area contributed by atoms with Crippen LogP contribution in [0, 0.1) is 11.8 Å². The number of hydrogen-bond donors (Lipinski definition) is 1. The Kier molecular flexibility index (Phi) is 5.64. The Labute approximate surface area is 120 Å². The third-order valence-corrected chi connectivity index (χ3v) is 3.60. The molecule has 1 fully saturated rings. The summed E-state index contributed by atoms with van der Waals surface area (Å²) in [7, 11) is 0. The average Bonchev–Trinajstić information content (AvgIpc) is 2.46. The van der Waals surface area contributed by atoms with Crippen LogP contribution in [-0.4, -0.2) is 29.1 Å². The van der Waals surface area contributed by atoms with Gasteiger partial charge in [0.15, 0.2) is 0 Å². The molecule has 0 aromatic heterocycles. The minimum absolute atomic E-state index is 0.142. The van der Waals surface area contributed by atoms with Crippen molar-refractivity contribution in [1.29, 1.82) is 0 Å². The molecule has 0 unspecified atom stereocenters. The van der Waals surface area contributed by atoms with E-state index >= 15 is 0 Å². The van der Waals surface area contributed by atoms with Crippen molar-refractivity contribution < 1.29 is 9.90 Å². The van der Waals surface area contributed by atoms with Gasteiger partial charge in [-0.3, -0.25) is 4.79 Å². The Balaban J connectivity index is 2.13. The van der Waals surface area contributed by atoms with Crippen LogP contribution in [-0.2, 0) is 11.3 Å². The molecule has 1 aromatic carbocycles. The van der Waals surface area contributed by atoms with E-state index in [0.29, 0.717) is 13.0 Å². The van der Waals surface area contributed by atoms with Gasteiger partial charge in [-0.15, -0.1) is 0 Å². The van der Waals surface area contributed by atoms with Crippen LogP contribution in [0.1, 0.15) is 43.2 Å². The number of benzene rings is 1. The predicted octanol–water partition coefficient (Wildman–Crippen LogP) is 2.32. The molecule has 3 heteroatoms. The van der Waals surface area contributed by atoms with E-state index in [1.54, 1.807) is 0 Å². The van der Waals surface area contributed by atoms with Gasteiger partial charge in [0.05, 0.1) is 0 Å². The lowest BCUT2D eigenvalue weighted by Gasteiger charge is -2.25. The maximum atomic E-state index is 12.1. The fourth-order valence-electron chi connectivity index (χ4n) is 2.50. The third kappa shape index (κ3) is 4.11. The number of nitrogens with zero attached hydrogens (tertiary/aromatic N) is 1. The Morgan fingerprint density at radius 2 is 1.95 bits per heavy atom. The summed E-state index contributed by atoms with van der Waals surface area (Å²) in [6.45, 7) is 1.31. The van der Waals surface area contributed by atoms with Gasteiger partial charge in [-0.1, -0.05) is 42.9 Å². The number of aliphatic hydroxyl groups excluding tert-OH is 1. The first-order chi connectivity index (χ1) is 9.81. The molecular weight excluding hydrogens is 250 g/mol. The lowest BCUT2D eigenvalue weighted by molar-refractivity contribution is -0.132. The molecule has 1 amide bonds. The van der Waals surface area contributed by atoms with Gasteiger partial charge in [0.25, 0.3) is 0 Å². The topological polar surface area (TPSA) is 40.5 Å². The summed E-state index contributed by atoms with van der Waals surface area (Å²) in [5.41, 5.74) is 1.96. The minimum Gasteiger partial charge on any atom is -0.384 e. The average molecular weight is 271 g/mol. The lowest BCUT2D eigenvalue weighted by atomic mass is 10.0. The first-order valence-electron chi connectivity index (χ1n) is 7.26.